The van der Waals surface area contributed by atoms with Gasteiger partial charge < -0.3 is 9.64 Å². The fraction of sp³-hybridized carbons (Fsp3) is 0.192. The second-order valence-corrected chi connectivity index (χ2v) is 8.59. The van der Waals surface area contributed by atoms with Crippen molar-refractivity contribution in [2.75, 3.05) is 19.0 Å². The first-order valence-corrected chi connectivity index (χ1v) is 11.3. The summed E-state index contributed by atoms with van der Waals surface area (Å²) in [7, 11) is 3.90. The molecule has 0 aliphatic heterocycles. The highest BCUT2D eigenvalue weighted by atomic mass is 19.4. The Bertz CT molecular complexity index is 1600. The number of anilines is 1. The largest absolute Gasteiger partial charge is 0.437 e. The third kappa shape index (κ3) is 5.06. The van der Waals surface area contributed by atoms with Gasteiger partial charge in [0, 0.05) is 44.0 Å². The summed E-state index contributed by atoms with van der Waals surface area (Å²) in [5.74, 6) is 0.594. The molecule has 188 valence electrons. The summed E-state index contributed by atoms with van der Waals surface area (Å²) in [4.78, 5) is 31.2. The summed E-state index contributed by atoms with van der Waals surface area (Å²) in [6.45, 7) is 0. The summed E-state index contributed by atoms with van der Waals surface area (Å²) in [6, 6.07) is 11.5. The summed E-state index contributed by atoms with van der Waals surface area (Å²) in [5.41, 5.74) is 1.77. The molecule has 4 aromatic heterocycles. The average molecular weight is 506 g/mol. The van der Waals surface area contributed by atoms with Crippen molar-refractivity contribution < 1.29 is 22.7 Å². The Hall–Kier alpha value is -4.54. The molecule has 0 amide bonds. The zero-order valence-corrected chi connectivity index (χ0v) is 19.9. The molecule has 5 rings (SSSR count). The highest BCUT2D eigenvalue weighted by Gasteiger charge is 2.32. The molecule has 5 aromatic rings. The Morgan fingerprint density at radius 3 is 2.57 bits per heavy atom. The van der Waals surface area contributed by atoms with Crippen molar-refractivity contribution in [3.8, 4) is 11.6 Å². The van der Waals surface area contributed by atoms with Crippen LogP contribution in [0.5, 0.6) is 11.6 Å². The lowest BCUT2D eigenvalue weighted by molar-refractivity contribution is -0.141. The van der Waals surface area contributed by atoms with E-state index in [1.54, 1.807) is 18.3 Å². The van der Waals surface area contributed by atoms with E-state index in [0.29, 0.717) is 28.2 Å². The number of ether oxygens (including phenoxy) is 1. The number of carbonyl (C=O) groups is 1. The number of rotatable bonds is 6. The second kappa shape index (κ2) is 9.49. The normalized spacial score (nSPS) is 11.7. The zero-order chi connectivity index (χ0) is 26.2. The third-order valence-electron chi connectivity index (χ3n) is 5.83. The second-order valence-electron chi connectivity index (χ2n) is 8.59. The van der Waals surface area contributed by atoms with E-state index in [-0.39, 0.29) is 18.7 Å². The van der Waals surface area contributed by atoms with Crippen LogP contribution >= 0.6 is 0 Å². The number of aromatic nitrogens is 5. The molecule has 11 heteroatoms. The molecule has 4 heterocycles. The van der Waals surface area contributed by atoms with E-state index in [0.717, 1.165) is 28.9 Å². The first-order chi connectivity index (χ1) is 17.7. The highest BCUT2D eigenvalue weighted by Crippen LogP contribution is 2.30. The van der Waals surface area contributed by atoms with Crippen LogP contribution < -0.4 is 9.64 Å². The lowest BCUT2D eigenvalue weighted by atomic mass is 10.1. The molecule has 0 saturated heterocycles. The first-order valence-electron chi connectivity index (χ1n) is 11.3. The lowest BCUT2D eigenvalue weighted by Gasteiger charge is -2.13. The number of halogens is 3. The van der Waals surface area contributed by atoms with Crippen LogP contribution in [0.4, 0.5) is 18.9 Å². The van der Waals surface area contributed by atoms with Crippen LogP contribution in [0.15, 0.2) is 67.4 Å². The quantitative estimate of drug-likeness (QED) is 0.300. The van der Waals surface area contributed by atoms with Crippen molar-refractivity contribution in [1.29, 1.82) is 0 Å². The minimum atomic E-state index is -4.50. The number of fused-ring (bicyclic) bond motifs is 2. The minimum Gasteiger partial charge on any atom is -0.437 e. The van der Waals surface area contributed by atoms with E-state index >= 15 is 0 Å². The fourth-order valence-electron chi connectivity index (χ4n) is 3.86. The van der Waals surface area contributed by atoms with Crippen LogP contribution in [0.25, 0.3) is 21.9 Å². The van der Waals surface area contributed by atoms with Crippen LogP contribution in [-0.4, -0.2) is 44.5 Å². The molecular formula is C26H21F3N6O2. The van der Waals surface area contributed by atoms with Crippen molar-refractivity contribution in [2.45, 2.75) is 19.0 Å². The van der Waals surface area contributed by atoms with Gasteiger partial charge in [0.15, 0.2) is 0 Å². The molecule has 0 fully saturated rings. The van der Waals surface area contributed by atoms with Crippen LogP contribution in [0.1, 0.15) is 22.5 Å². The van der Waals surface area contributed by atoms with Crippen molar-refractivity contribution in [3.05, 3.63) is 78.6 Å². The Morgan fingerprint density at radius 2 is 1.84 bits per heavy atom. The molecular weight excluding hydrogens is 485 g/mol. The Morgan fingerprint density at radius 1 is 1.00 bits per heavy atom. The maximum atomic E-state index is 12.8. The van der Waals surface area contributed by atoms with E-state index in [2.05, 4.69) is 19.9 Å². The smallest absolute Gasteiger partial charge is 0.433 e. The summed E-state index contributed by atoms with van der Waals surface area (Å²) >= 11 is 0. The number of hydrogen-bond acceptors (Lipinski definition) is 7. The molecule has 0 bridgehead atoms. The standard InChI is InChI=1S/C26H21F3N6O2/c1-34(2)18-5-6-20-21(12-18)32-15-33-25(20)37-19-11-17-9-10-35(24(17)31-14-19)23(36)8-4-16-3-7-22(30-13-16)26(27,28)29/h3,5-7,9-15H,4,8H2,1-2H3. The van der Waals surface area contributed by atoms with Gasteiger partial charge in [0.2, 0.25) is 11.8 Å². The molecule has 0 N–H and O–H groups in total. The van der Waals surface area contributed by atoms with Gasteiger partial charge in [-0.2, -0.15) is 13.2 Å². The first kappa shape index (κ1) is 24.2. The Balaban J connectivity index is 1.31. The predicted octanol–water partition coefficient (Wildman–Crippen LogP) is 5.52. The molecule has 0 unspecified atom stereocenters. The number of aryl methyl sites for hydroxylation is 1. The maximum absolute atomic E-state index is 12.8. The van der Waals surface area contributed by atoms with Gasteiger partial charge in [-0.1, -0.05) is 6.07 Å². The molecule has 0 atom stereocenters. The molecule has 0 radical (unpaired) electrons. The van der Waals surface area contributed by atoms with Gasteiger partial charge in [0.05, 0.1) is 17.1 Å². The van der Waals surface area contributed by atoms with E-state index in [9.17, 15) is 18.0 Å². The van der Waals surface area contributed by atoms with E-state index in [4.69, 9.17) is 4.74 Å². The van der Waals surface area contributed by atoms with Gasteiger partial charge in [-0.25, -0.2) is 15.0 Å². The molecule has 0 saturated carbocycles. The van der Waals surface area contributed by atoms with Gasteiger partial charge in [0.25, 0.3) is 0 Å². The van der Waals surface area contributed by atoms with Crippen LogP contribution in [-0.2, 0) is 12.6 Å². The summed E-state index contributed by atoms with van der Waals surface area (Å²) in [6.07, 6.45) is 1.53. The number of nitrogens with zero attached hydrogens (tertiary/aromatic N) is 6. The summed E-state index contributed by atoms with van der Waals surface area (Å²) in [5, 5.41) is 1.44. The number of benzene rings is 1. The predicted molar refractivity (Wildman–Crippen MR) is 132 cm³/mol. The third-order valence-corrected chi connectivity index (χ3v) is 5.83. The SMILES string of the molecule is CN(C)c1ccc2c(Oc3cnc4c(ccn4C(=O)CCc4ccc(C(F)(F)F)nc4)c3)ncnc2c1. The van der Waals surface area contributed by atoms with Crippen molar-refractivity contribution in [3.63, 3.8) is 0 Å². The number of carbonyl (C=O) groups excluding carboxylic acids is 1. The van der Waals surface area contributed by atoms with E-state index < -0.39 is 11.9 Å². The number of alkyl halides is 3. The van der Waals surface area contributed by atoms with Gasteiger partial charge in [-0.3, -0.25) is 14.3 Å². The van der Waals surface area contributed by atoms with Crippen LogP contribution in [0.2, 0.25) is 0 Å². The van der Waals surface area contributed by atoms with Crippen molar-refractivity contribution in [2.24, 2.45) is 0 Å². The average Bonchev–Trinajstić information content (AvgIpc) is 3.30. The fourth-order valence-corrected chi connectivity index (χ4v) is 3.86. The maximum Gasteiger partial charge on any atom is 0.433 e. The number of pyridine rings is 2. The van der Waals surface area contributed by atoms with Crippen molar-refractivity contribution >= 4 is 33.5 Å². The van der Waals surface area contributed by atoms with E-state index in [1.807, 2.05) is 37.2 Å². The Labute approximate surface area is 209 Å². The topological polar surface area (TPSA) is 86.0 Å². The number of hydrogen-bond donors (Lipinski definition) is 0. The van der Waals surface area contributed by atoms with Crippen molar-refractivity contribution in [1.82, 2.24) is 24.5 Å². The van der Waals surface area contributed by atoms with Crippen LogP contribution in [0.3, 0.4) is 0 Å². The van der Waals surface area contributed by atoms with E-state index in [1.165, 1.54) is 23.2 Å². The summed E-state index contributed by atoms with van der Waals surface area (Å²) < 4.78 is 45.5. The molecule has 1 aromatic carbocycles. The van der Waals surface area contributed by atoms with Gasteiger partial charge in [-0.05, 0) is 48.4 Å². The van der Waals surface area contributed by atoms with Crippen LogP contribution in [0, 0.1) is 0 Å². The molecule has 0 spiro atoms. The van der Waals surface area contributed by atoms with Gasteiger partial charge in [-0.15, -0.1) is 0 Å². The minimum absolute atomic E-state index is 0.0820. The van der Waals surface area contributed by atoms with Gasteiger partial charge >= 0.3 is 6.18 Å². The molecule has 8 nitrogen and oxygen atoms in total. The zero-order valence-electron chi connectivity index (χ0n) is 19.9. The molecule has 0 aliphatic rings. The van der Waals surface area contributed by atoms with Gasteiger partial charge in [0.1, 0.15) is 23.4 Å². The Kier molecular flexibility index (Phi) is 6.20. The molecule has 37 heavy (non-hydrogen) atoms. The monoisotopic (exact) mass is 506 g/mol. The molecule has 0 aliphatic carbocycles. The lowest BCUT2D eigenvalue weighted by Crippen LogP contribution is -2.11. The highest BCUT2D eigenvalue weighted by molar-refractivity contribution is 5.91.